The summed E-state index contributed by atoms with van der Waals surface area (Å²) < 4.78 is 0. The third-order valence-electron chi connectivity index (χ3n) is 2.21. The fourth-order valence-electron chi connectivity index (χ4n) is 1.16. The van der Waals surface area contributed by atoms with Gasteiger partial charge in [-0.1, -0.05) is 45.3 Å². The van der Waals surface area contributed by atoms with Gasteiger partial charge in [-0.3, -0.25) is 0 Å². The Morgan fingerprint density at radius 3 is 2.45 bits per heavy atom. The van der Waals surface area contributed by atoms with Gasteiger partial charge in [-0.25, -0.2) is 0 Å². The van der Waals surface area contributed by atoms with Crippen molar-refractivity contribution in [3.63, 3.8) is 0 Å². The van der Waals surface area contributed by atoms with Gasteiger partial charge in [-0.05, 0) is 25.7 Å². The van der Waals surface area contributed by atoms with Crippen molar-refractivity contribution in [3.8, 4) is 0 Å². The molecule has 0 nitrogen and oxygen atoms in total. The van der Waals surface area contributed by atoms with E-state index in [0.717, 1.165) is 5.92 Å². The molecule has 0 heteroatoms. The van der Waals surface area contributed by atoms with Gasteiger partial charge in [0.05, 0.1) is 0 Å². The first kappa shape index (κ1) is 10.7. The van der Waals surface area contributed by atoms with Gasteiger partial charge in [0.25, 0.3) is 0 Å². The highest BCUT2D eigenvalue weighted by Crippen LogP contribution is 2.12. The predicted octanol–water partition coefficient (Wildman–Crippen LogP) is 4.17. The van der Waals surface area contributed by atoms with E-state index in [0.29, 0.717) is 0 Å². The Bertz CT molecular complexity index is 111. The second-order valence-corrected chi connectivity index (χ2v) is 3.53. The summed E-state index contributed by atoms with van der Waals surface area (Å²) in [4.78, 5) is 0. The monoisotopic (exact) mass is 154 g/mol. The van der Waals surface area contributed by atoms with Crippen LogP contribution < -0.4 is 0 Å². The van der Waals surface area contributed by atoms with Crippen molar-refractivity contribution in [2.45, 2.75) is 53.4 Å². The first-order valence-corrected chi connectivity index (χ1v) is 4.86. The molecule has 0 saturated carbocycles. The first-order valence-electron chi connectivity index (χ1n) is 4.86. The second kappa shape index (κ2) is 6.45. The lowest BCUT2D eigenvalue weighted by molar-refractivity contribution is 0.530. The summed E-state index contributed by atoms with van der Waals surface area (Å²) >= 11 is 0. The molecule has 0 N–H and O–H groups in total. The highest BCUT2D eigenvalue weighted by molar-refractivity contribution is 4.96. The zero-order valence-corrected chi connectivity index (χ0v) is 8.48. The van der Waals surface area contributed by atoms with Crippen molar-refractivity contribution in [2.24, 2.45) is 5.92 Å². The summed E-state index contributed by atoms with van der Waals surface area (Å²) in [6, 6.07) is 0. The Hall–Kier alpha value is -0.260. The van der Waals surface area contributed by atoms with Crippen LogP contribution in [-0.2, 0) is 0 Å². The average molecular weight is 154 g/mol. The second-order valence-electron chi connectivity index (χ2n) is 3.53. The van der Waals surface area contributed by atoms with Gasteiger partial charge < -0.3 is 0 Å². The largest absolute Gasteiger partial charge is 0.0854 e. The lowest BCUT2D eigenvalue weighted by atomic mass is 10.0. The maximum Gasteiger partial charge on any atom is -0.0322 e. The summed E-state index contributed by atoms with van der Waals surface area (Å²) in [7, 11) is 0. The third kappa shape index (κ3) is 6.15. The highest BCUT2D eigenvalue weighted by Gasteiger charge is 1.96. The van der Waals surface area contributed by atoms with Crippen molar-refractivity contribution in [1.82, 2.24) is 0 Å². The molecule has 0 heterocycles. The smallest absolute Gasteiger partial charge is 0.0322 e. The third-order valence-corrected chi connectivity index (χ3v) is 2.21. The van der Waals surface area contributed by atoms with Crippen LogP contribution in [0.5, 0.6) is 0 Å². The van der Waals surface area contributed by atoms with E-state index >= 15 is 0 Å². The van der Waals surface area contributed by atoms with E-state index in [2.05, 4.69) is 33.8 Å². The van der Waals surface area contributed by atoms with Crippen LogP contribution in [0.3, 0.4) is 0 Å². The number of allylic oxidation sites excluding steroid dienone is 2. The van der Waals surface area contributed by atoms with Gasteiger partial charge in [-0.15, -0.1) is 0 Å². The van der Waals surface area contributed by atoms with Gasteiger partial charge >= 0.3 is 0 Å². The molecule has 0 aliphatic carbocycles. The van der Waals surface area contributed by atoms with Crippen LogP contribution >= 0.6 is 0 Å². The average Bonchev–Trinajstić information content (AvgIpc) is 2.01. The molecule has 0 amide bonds. The van der Waals surface area contributed by atoms with E-state index in [4.69, 9.17) is 0 Å². The molecule has 66 valence electrons. The molecule has 0 aromatic heterocycles. The van der Waals surface area contributed by atoms with Gasteiger partial charge in [0.15, 0.2) is 0 Å². The molecule has 0 aromatic rings. The van der Waals surface area contributed by atoms with Crippen molar-refractivity contribution in [3.05, 3.63) is 11.6 Å². The van der Waals surface area contributed by atoms with E-state index in [9.17, 15) is 0 Å². The van der Waals surface area contributed by atoms with E-state index in [1.54, 1.807) is 0 Å². The Morgan fingerprint density at radius 2 is 2.00 bits per heavy atom. The maximum atomic E-state index is 2.39. The van der Waals surface area contributed by atoms with E-state index in [1.807, 2.05) is 0 Å². The number of rotatable bonds is 5. The van der Waals surface area contributed by atoms with Crippen LogP contribution in [-0.4, -0.2) is 0 Å². The lowest BCUT2D eigenvalue weighted by Gasteiger charge is -2.06. The van der Waals surface area contributed by atoms with Crippen molar-refractivity contribution >= 4 is 0 Å². The van der Waals surface area contributed by atoms with Crippen LogP contribution in [0.4, 0.5) is 0 Å². The van der Waals surface area contributed by atoms with Crippen molar-refractivity contribution in [1.29, 1.82) is 0 Å². The Morgan fingerprint density at radius 1 is 1.36 bits per heavy atom. The van der Waals surface area contributed by atoms with E-state index in [-0.39, 0.29) is 0 Å². The summed E-state index contributed by atoms with van der Waals surface area (Å²) in [5, 5.41) is 0. The molecular weight excluding hydrogens is 132 g/mol. The van der Waals surface area contributed by atoms with Gasteiger partial charge in [-0.2, -0.15) is 0 Å². The normalized spacial score (nSPS) is 15.1. The minimum absolute atomic E-state index is 0.876. The molecular formula is C11H22. The lowest BCUT2D eigenvalue weighted by Crippen LogP contribution is -1.91. The number of hydrogen-bond acceptors (Lipinski definition) is 0. The zero-order valence-electron chi connectivity index (χ0n) is 8.48. The van der Waals surface area contributed by atoms with Gasteiger partial charge in [0, 0.05) is 0 Å². The number of hydrogen-bond donors (Lipinski definition) is 0. The standard InChI is InChI=1S/C11H22/c1-5-7-11(4)9-8-10(3)6-2/h8,11H,5-7,9H2,1-4H3. The molecule has 0 aliphatic rings. The SMILES string of the molecule is CCCC(C)CC=C(C)CC. The van der Waals surface area contributed by atoms with Crippen molar-refractivity contribution < 1.29 is 0 Å². The molecule has 11 heavy (non-hydrogen) atoms. The van der Waals surface area contributed by atoms with E-state index < -0.39 is 0 Å². The Balaban J connectivity index is 3.50. The molecule has 0 saturated heterocycles. The molecule has 0 aliphatic heterocycles. The van der Waals surface area contributed by atoms with E-state index in [1.165, 1.54) is 31.3 Å². The molecule has 0 radical (unpaired) electrons. The minimum Gasteiger partial charge on any atom is -0.0854 e. The zero-order chi connectivity index (χ0) is 8.69. The fraction of sp³-hybridized carbons (Fsp3) is 0.818. The summed E-state index contributed by atoms with van der Waals surface area (Å²) in [5.74, 6) is 0.876. The molecule has 1 atom stereocenters. The molecule has 0 aromatic carbocycles. The van der Waals surface area contributed by atoms with Crippen LogP contribution in [0.2, 0.25) is 0 Å². The minimum atomic E-state index is 0.876. The Kier molecular flexibility index (Phi) is 6.30. The predicted molar refractivity (Wildman–Crippen MR) is 52.7 cm³/mol. The van der Waals surface area contributed by atoms with Crippen LogP contribution in [0, 0.1) is 5.92 Å². The topological polar surface area (TPSA) is 0 Å². The summed E-state index contributed by atoms with van der Waals surface area (Å²) in [5.41, 5.74) is 1.54. The highest BCUT2D eigenvalue weighted by atomic mass is 14.0. The molecule has 0 rings (SSSR count). The van der Waals surface area contributed by atoms with Crippen molar-refractivity contribution in [2.75, 3.05) is 0 Å². The fourth-order valence-corrected chi connectivity index (χ4v) is 1.16. The molecule has 0 bridgehead atoms. The van der Waals surface area contributed by atoms with Crippen LogP contribution in [0.1, 0.15) is 53.4 Å². The molecule has 0 fully saturated rings. The quantitative estimate of drug-likeness (QED) is 0.521. The van der Waals surface area contributed by atoms with Gasteiger partial charge in [0.2, 0.25) is 0 Å². The summed E-state index contributed by atoms with van der Waals surface area (Å²) in [6.45, 7) is 9.03. The molecule has 0 spiro atoms. The Labute approximate surface area is 71.7 Å². The maximum absolute atomic E-state index is 2.39. The van der Waals surface area contributed by atoms with Crippen LogP contribution in [0.25, 0.3) is 0 Å². The van der Waals surface area contributed by atoms with Gasteiger partial charge in [0.1, 0.15) is 0 Å². The first-order chi connectivity index (χ1) is 5.20. The molecule has 1 unspecified atom stereocenters. The summed E-state index contributed by atoms with van der Waals surface area (Å²) in [6.07, 6.45) is 7.56. The van der Waals surface area contributed by atoms with Crippen LogP contribution in [0.15, 0.2) is 11.6 Å².